The van der Waals surface area contributed by atoms with Crippen molar-refractivity contribution >= 4 is 65.2 Å². The number of nitrogens with two attached hydrogens (primary N) is 2. The van der Waals surface area contributed by atoms with E-state index in [4.69, 9.17) is 11.5 Å². The van der Waals surface area contributed by atoms with Gasteiger partial charge in [0.25, 0.3) is 0 Å². The van der Waals surface area contributed by atoms with Gasteiger partial charge in [0.15, 0.2) is 0 Å². The van der Waals surface area contributed by atoms with Crippen molar-refractivity contribution < 1.29 is 73.2 Å². The molecule has 0 heterocycles. The van der Waals surface area contributed by atoms with Crippen LogP contribution < -0.4 is 54.0 Å². The van der Waals surface area contributed by atoms with Crippen LogP contribution in [0, 0.1) is 11.8 Å². The summed E-state index contributed by atoms with van der Waals surface area (Å²) in [5.74, 6) is -12.2. The second kappa shape index (κ2) is 29.4. The molecule has 0 aromatic carbocycles. The second-order valence-electron chi connectivity index (χ2n) is 15.8. The van der Waals surface area contributed by atoms with Gasteiger partial charge in [-0.1, -0.05) is 27.7 Å². The summed E-state index contributed by atoms with van der Waals surface area (Å²) in [6.45, 7) is 8.20. The lowest BCUT2D eigenvalue weighted by molar-refractivity contribution is -0.144. The van der Waals surface area contributed by atoms with Crippen LogP contribution in [0.5, 0.6) is 0 Å². The lowest BCUT2D eigenvalue weighted by Crippen LogP contribution is -2.60. The molecule has 0 aliphatic heterocycles. The largest absolute Gasteiger partial charge is 0.481 e. The molecule has 0 aromatic rings. The first kappa shape index (κ1) is 57.1. The fourth-order valence-corrected chi connectivity index (χ4v) is 5.62. The number of carbonyl (C=O) groups is 11. The van der Waals surface area contributed by atoms with E-state index in [9.17, 15) is 73.2 Å². The van der Waals surface area contributed by atoms with Gasteiger partial charge >= 0.3 is 17.9 Å². The highest BCUT2D eigenvalue weighted by Gasteiger charge is 2.35. The molecule has 0 unspecified atom stereocenters. The van der Waals surface area contributed by atoms with Crippen molar-refractivity contribution in [3.05, 3.63) is 0 Å². The van der Waals surface area contributed by atoms with Gasteiger partial charge in [-0.2, -0.15) is 0 Å². The monoisotopic (exact) mass is 902 g/mol. The Hall–Kier alpha value is -5.95. The van der Waals surface area contributed by atoms with Crippen LogP contribution in [0.2, 0.25) is 0 Å². The van der Waals surface area contributed by atoms with Crippen LogP contribution in [0.1, 0.15) is 92.9 Å². The summed E-state index contributed by atoms with van der Waals surface area (Å²) in [6.07, 6.45) is -2.69. The lowest BCUT2D eigenvalue weighted by atomic mass is 10.0. The molecular formula is C38H66N10O15. The van der Waals surface area contributed by atoms with Crippen molar-refractivity contribution in [2.24, 2.45) is 23.3 Å². The van der Waals surface area contributed by atoms with Crippen LogP contribution in [0.3, 0.4) is 0 Å². The number of hydrogen-bond donors (Lipinski definition) is 14. The Morgan fingerprint density at radius 1 is 0.508 bits per heavy atom. The fourth-order valence-electron chi connectivity index (χ4n) is 5.62. The van der Waals surface area contributed by atoms with Gasteiger partial charge in [0.1, 0.15) is 36.3 Å². The molecule has 0 saturated heterocycles. The first-order chi connectivity index (χ1) is 29.3. The maximum absolute atomic E-state index is 13.4. The minimum atomic E-state index is -1.86. The molecule has 25 nitrogen and oxygen atoms in total. The summed E-state index contributed by atoms with van der Waals surface area (Å²) in [5, 5.41) is 56.7. The van der Waals surface area contributed by atoms with Gasteiger partial charge in [-0.15, -0.1) is 0 Å². The molecule has 0 saturated carbocycles. The van der Waals surface area contributed by atoms with Crippen molar-refractivity contribution in [3.63, 3.8) is 0 Å². The van der Waals surface area contributed by atoms with E-state index in [1.807, 2.05) is 0 Å². The first-order valence-corrected chi connectivity index (χ1v) is 20.4. The van der Waals surface area contributed by atoms with Crippen LogP contribution in [0.25, 0.3) is 0 Å². The summed E-state index contributed by atoms with van der Waals surface area (Å²) in [7, 11) is 0. The normalized spacial score (nSPS) is 14.8. The number of aliphatic carboxylic acids is 3. The van der Waals surface area contributed by atoms with Crippen molar-refractivity contribution in [2.75, 3.05) is 19.6 Å². The number of unbranched alkanes of at least 4 members (excludes halogenated alkanes) is 1. The van der Waals surface area contributed by atoms with Gasteiger partial charge in [-0.25, -0.2) is 4.79 Å². The van der Waals surface area contributed by atoms with E-state index in [0.29, 0.717) is 12.8 Å². The second-order valence-corrected chi connectivity index (χ2v) is 15.8. The molecule has 8 amide bonds. The fraction of sp³-hybridized carbons (Fsp3) is 0.711. The Bertz CT molecular complexity index is 1610. The molecule has 358 valence electrons. The van der Waals surface area contributed by atoms with Gasteiger partial charge in [-0.3, -0.25) is 47.9 Å². The molecule has 0 fully saturated rings. The lowest BCUT2D eigenvalue weighted by Gasteiger charge is -2.27. The zero-order valence-corrected chi connectivity index (χ0v) is 36.5. The number of aliphatic hydroxyl groups excluding tert-OH is 1. The molecule has 0 aliphatic carbocycles. The predicted molar refractivity (Wildman–Crippen MR) is 222 cm³/mol. The third kappa shape index (κ3) is 24.3. The van der Waals surface area contributed by atoms with Gasteiger partial charge in [0.2, 0.25) is 47.3 Å². The van der Waals surface area contributed by atoms with Crippen LogP contribution in [0.4, 0.5) is 0 Å². The summed E-state index contributed by atoms with van der Waals surface area (Å²) in [4.78, 5) is 138. The van der Waals surface area contributed by atoms with Crippen LogP contribution in [-0.2, 0) is 52.7 Å². The molecule has 0 radical (unpaired) electrons. The number of carboxylic acids is 3. The molecule has 0 aromatic heterocycles. The Labute approximate surface area is 364 Å². The summed E-state index contributed by atoms with van der Waals surface area (Å²) < 4.78 is 0. The quantitative estimate of drug-likeness (QED) is 0.0292. The van der Waals surface area contributed by atoms with Gasteiger partial charge < -0.3 is 74.4 Å². The van der Waals surface area contributed by atoms with E-state index < -0.39 is 139 Å². The average molecular weight is 903 g/mol. The van der Waals surface area contributed by atoms with Gasteiger partial charge in [-0.05, 0) is 70.8 Å². The Kier molecular flexibility index (Phi) is 26.6. The molecule has 0 spiro atoms. The first-order valence-electron chi connectivity index (χ1n) is 20.4. The maximum atomic E-state index is 13.4. The number of hydrogen-bond acceptors (Lipinski definition) is 14. The highest BCUT2D eigenvalue weighted by molar-refractivity contribution is 5.98. The molecule has 16 N–H and O–H groups in total. The SMILES string of the molecule is CC(C)C[C@H](NC(=O)CNC(=O)CNC(=O)[C@H](CCC(=O)O)NC(=O)[C@H](CC(C)C)NC(=O)[C@H](C)N)C(=O)N[C@@H](CC(=O)O)C(=O)N[C@H](C(=O)N[C@@H](CCCCN)C(=O)O)[C@@H](C)O. The zero-order valence-electron chi connectivity index (χ0n) is 36.5. The maximum Gasteiger partial charge on any atom is 0.326 e. The van der Waals surface area contributed by atoms with E-state index in [0.717, 1.165) is 6.92 Å². The van der Waals surface area contributed by atoms with E-state index >= 15 is 0 Å². The number of amides is 8. The standard InChI is InChI=1S/C38H66N10O15/c1-18(2)13-24(34(58)47-26(15-30(54)55)36(60)48-31(21(6)49)37(61)45-23(38(62)63)9-7-8-12-39)43-28(51)17-41-27(50)16-42-33(57)22(10-11-29(52)53)44-35(59)25(14-19(3)4)46-32(56)20(5)40/h18-26,31,49H,7-17,39-40H2,1-6H3,(H,41,50)(H,42,57)(H,43,51)(H,44,59)(H,45,61)(H,46,56)(H,47,58)(H,48,60)(H,52,53)(H,54,55)(H,62,63)/t20-,21+,22-,23-,24-,25-,26-,31-/m0/s1. The summed E-state index contributed by atoms with van der Waals surface area (Å²) in [6, 6.07) is -9.98. The van der Waals surface area contributed by atoms with E-state index in [2.05, 4.69) is 42.5 Å². The van der Waals surface area contributed by atoms with Crippen molar-refractivity contribution in [1.82, 2.24) is 42.5 Å². The summed E-state index contributed by atoms with van der Waals surface area (Å²) in [5.41, 5.74) is 11.0. The smallest absolute Gasteiger partial charge is 0.326 e. The Morgan fingerprint density at radius 2 is 1.00 bits per heavy atom. The van der Waals surface area contributed by atoms with Gasteiger partial charge in [0.05, 0.1) is 31.7 Å². The minimum Gasteiger partial charge on any atom is -0.481 e. The van der Waals surface area contributed by atoms with E-state index in [1.165, 1.54) is 6.92 Å². The third-order valence-electron chi connectivity index (χ3n) is 8.90. The van der Waals surface area contributed by atoms with Crippen LogP contribution in [-0.4, -0.2) is 154 Å². The predicted octanol–water partition coefficient (Wildman–Crippen LogP) is -4.50. The van der Waals surface area contributed by atoms with Crippen molar-refractivity contribution in [2.45, 2.75) is 141 Å². The third-order valence-corrected chi connectivity index (χ3v) is 8.90. The Balaban J connectivity index is 5.76. The molecule has 8 atom stereocenters. The molecule has 0 aliphatic rings. The number of carbonyl (C=O) groups excluding carboxylic acids is 8. The number of rotatable bonds is 31. The Morgan fingerprint density at radius 3 is 1.48 bits per heavy atom. The van der Waals surface area contributed by atoms with Crippen molar-refractivity contribution in [1.29, 1.82) is 0 Å². The highest BCUT2D eigenvalue weighted by Crippen LogP contribution is 2.09. The highest BCUT2D eigenvalue weighted by atomic mass is 16.4. The van der Waals surface area contributed by atoms with E-state index in [-0.39, 0.29) is 44.1 Å². The number of aliphatic hydroxyl groups is 1. The van der Waals surface area contributed by atoms with Crippen molar-refractivity contribution in [3.8, 4) is 0 Å². The molecule has 0 bridgehead atoms. The molecule has 0 rings (SSSR count). The zero-order chi connectivity index (χ0) is 48.6. The minimum absolute atomic E-state index is 0.0177. The summed E-state index contributed by atoms with van der Waals surface area (Å²) >= 11 is 0. The topological polar surface area (TPSA) is 417 Å². The van der Waals surface area contributed by atoms with Crippen LogP contribution in [0.15, 0.2) is 0 Å². The number of nitrogens with one attached hydrogen (secondary N) is 8. The van der Waals surface area contributed by atoms with Gasteiger partial charge in [0, 0.05) is 6.42 Å². The van der Waals surface area contributed by atoms with Crippen LogP contribution >= 0.6 is 0 Å². The number of carboxylic acid groups (broad SMARTS) is 3. The molecule has 25 heteroatoms. The average Bonchev–Trinajstić information content (AvgIpc) is 3.17. The molecule has 63 heavy (non-hydrogen) atoms. The van der Waals surface area contributed by atoms with E-state index in [1.54, 1.807) is 27.7 Å². The molecular weight excluding hydrogens is 836 g/mol.